The predicted molar refractivity (Wildman–Crippen MR) is 65.9 cm³/mol. The van der Waals surface area contributed by atoms with Crippen LogP contribution in [-0.2, 0) is 4.79 Å². The number of aromatic nitrogens is 2. The van der Waals surface area contributed by atoms with Gasteiger partial charge in [-0.3, -0.25) is 4.79 Å². The summed E-state index contributed by atoms with van der Waals surface area (Å²) in [7, 11) is 0. The molecule has 0 spiro atoms. The van der Waals surface area contributed by atoms with E-state index in [0.29, 0.717) is 12.3 Å². The number of aryl methyl sites for hydroxylation is 1. The molecule has 0 bridgehead atoms. The van der Waals surface area contributed by atoms with Gasteiger partial charge in [0.15, 0.2) is 0 Å². The maximum absolute atomic E-state index is 10.5. The highest BCUT2D eigenvalue weighted by molar-refractivity contribution is 7.18. The van der Waals surface area contributed by atoms with Gasteiger partial charge in [0, 0.05) is 5.56 Å². The van der Waals surface area contributed by atoms with E-state index >= 15 is 0 Å². The Morgan fingerprint density at radius 1 is 1.50 bits per heavy atom. The Labute approximate surface area is 97.7 Å². The van der Waals surface area contributed by atoms with Gasteiger partial charge in [-0.2, -0.15) is 0 Å². The highest BCUT2D eigenvalue weighted by Crippen LogP contribution is 2.32. The molecule has 0 aliphatic rings. The largest absolute Gasteiger partial charge is 0.327 e. The van der Waals surface area contributed by atoms with Crippen LogP contribution in [0.4, 0.5) is 5.69 Å². The van der Waals surface area contributed by atoms with Gasteiger partial charge in [-0.25, -0.2) is 9.97 Å². The van der Waals surface area contributed by atoms with Gasteiger partial charge < -0.3 is 5.32 Å². The van der Waals surface area contributed by atoms with Gasteiger partial charge in [-0.05, 0) is 12.8 Å². The number of thiazole rings is 1. The molecule has 4 nitrogen and oxygen atoms in total. The second-order valence-electron chi connectivity index (χ2n) is 3.89. The zero-order valence-electron chi connectivity index (χ0n) is 9.44. The van der Waals surface area contributed by atoms with Gasteiger partial charge in [0.2, 0.25) is 6.41 Å². The summed E-state index contributed by atoms with van der Waals surface area (Å²) in [6.07, 6.45) is 2.37. The first kappa shape index (κ1) is 11.0. The van der Waals surface area contributed by atoms with Crippen molar-refractivity contribution < 1.29 is 4.79 Å². The highest BCUT2D eigenvalue weighted by atomic mass is 32.1. The zero-order chi connectivity index (χ0) is 11.7. The molecule has 2 aromatic heterocycles. The van der Waals surface area contributed by atoms with Crippen LogP contribution in [0.3, 0.4) is 0 Å². The number of carbonyl (C=O) groups excluding carboxylic acids is 1. The average molecular weight is 235 g/mol. The summed E-state index contributed by atoms with van der Waals surface area (Å²) >= 11 is 1.57. The molecule has 0 aliphatic carbocycles. The van der Waals surface area contributed by atoms with Gasteiger partial charge in [0.25, 0.3) is 0 Å². The number of anilines is 1. The van der Waals surface area contributed by atoms with Gasteiger partial charge in [-0.1, -0.05) is 25.2 Å². The van der Waals surface area contributed by atoms with E-state index in [0.717, 1.165) is 26.6 Å². The molecule has 0 aliphatic heterocycles. The lowest BCUT2D eigenvalue weighted by Crippen LogP contribution is -2.02. The number of fused-ring (bicyclic) bond motifs is 1. The number of nitrogens with zero attached hydrogens (tertiary/aromatic N) is 2. The van der Waals surface area contributed by atoms with E-state index < -0.39 is 0 Å². The number of pyridine rings is 1. The Morgan fingerprint density at radius 3 is 2.88 bits per heavy atom. The van der Waals surface area contributed by atoms with Crippen molar-refractivity contribution in [2.45, 2.75) is 26.7 Å². The van der Waals surface area contributed by atoms with Crippen LogP contribution in [0.15, 0.2) is 6.20 Å². The second-order valence-corrected chi connectivity index (χ2v) is 5.07. The molecule has 2 rings (SSSR count). The molecule has 0 fully saturated rings. The van der Waals surface area contributed by atoms with Crippen molar-refractivity contribution >= 4 is 33.8 Å². The van der Waals surface area contributed by atoms with Crippen LogP contribution in [-0.4, -0.2) is 16.4 Å². The molecule has 2 heterocycles. The molecular weight excluding hydrogens is 222 g/mol. The first-order valence-corrected chi connectivity index (χ1v) is 5.91. The highest BCUT2D eigenvalue weighted by Gasteiger charge is 2.15. The molecule has 1 amide bonds. The Morgan fingerprint density at radius 2 is 2.25 bits per heavy atom. The van der Waals surface area contributed by atoms with Crippen molar-refractivity contribution in [1.29, 1.82) is 0 Å². The van der Waals surface area contributed by atoms with Crippen LogP contribution in [0, 0.1) is 6.92 Å². The van der Waals surface area contributed by atoms with Crippen LogP contribution in [0.5, 0.6) is 0 Å². The Kier molecular flexibility index (Phi) is 2.87. The second kappa shape index (κ2) is 4.17. The fraction of sp³-hybridized carbons (Fsp3) is 0.364. The van der Waals surface area contributed by atoms with Crippen molar-refractivity contribution in [3.05, 3.63) is 16.8 Å². The van der Waals surface area contributed by atoms with E-state index in [1.165, 1.54) is 0 Å². The fourth-order valence-corrected chi connectivity index (χ4v) is 2.54. The van der Waals surface area contributed by atoms with Crippen LogP contribution in [0.1, 0.15) is 30.3 Å². The minimum atomic E-state index is 0.300. The molecule has 2 aromatic rings. The number of nitrogens with one attached hydrogen (secondary N) is 1. The first-order chi connectivity index (χ1) is 7.63. The molecule has 16 heavy (non-hydrogen) atoms. The Hall–Kier alpha value is -1.49. The van der Waals surface area contributed by atoms with Gasteiger partial charge in [0.1, 0.15) is 10.3 Å². The summed E-state index contributed by atoms with van der Waals surface area (Å²) in [5.41, 5.74) is 2.72. The lowest BCUT2D eigenvalue weighted by Gasteiger charge is -2.11. The topological polar surface area (TPSA) is 54.9 Å². The number of amides is 1. The molecule has 5 heteroatoms. The van der Waals surface area contributed by atoms with Crippen molar-refractivity contribution in [1.82, 2.24) is 9.97 Å². The third-order valence-electron chi connectivity index (χ3n) is 2.36. The van der Waals surface area contributed by atoms with Crippen LogP contribution in [0.25, 0.3) is 10.3 Å². The first-order valence-electron chi connectivity index (χ1n) is 5.09. The number of hydrogen-bond acceptors (Lipinski definition) is 4. The third-order valence-corrected chi connectivity index (χ3v) is 3.24. The SMILES string of the molecule is Cc1nc2c(C(C)C)c(NC=O)cnc2s1. The summed E-state index contributed by atoms with van der Waals surface area (Å²) in [5, 5.41) is 3.67. The van der Waals surface area contributed by atoms with Crippen LogP contribution < -0.4 is 5.32 Å². The van der Waals surface area contributed by atoms with Crippen LogP contribution in [0.2, 0.25) is 0 Å². The standard InChI is InChI=1S/C11H13N3OS/c1-6(2)9-8(13-5-15)4-12-11-10(9)14-7(3)16-11/h4-6H,1-3H3,(H,13,15). The molecule has 0 aromatic carbocycles. The minimum Gasteiger partial charge on any atom is -0.327 e. The number of hydrogen-bond donors (Lipinski definition) is 1. The third kappa shape index (κ3) is 1.78. The smallest absolute Gasteiger partial charge is 0.211 e. The maximum atomic E-state index is 10.5. The Balaban J connectivity index is 2.72. The quantitative estimate of drug-likeness (QED) is 0.832. The van der Waals surface area contributed by atoms with E-state index in [2.05, 4.69) is 29.1 Å². The fourth-order valence-electron chi connectivity index (χ4n) is 1.76. The summed E-state index contributed by atoms with van der Waals surface area (Å²) in [5.74, 6) is 0.300. The van der Waals surface area contributed by atoms with E-state index in [-0.39, 0.29) is 0 Å². The van der Waals surface area contributed by atoms with Gasteiger partial charge >= 0.3 is 0 Å². The lowest BCUT2D eigenvalue weighted by molar-refractivity contribution is -0.105. The van der Waals surface area contributed by atoms with E-state index in [1.807, 2.05) is 6.92 Å². The number of carbonyl (C=O) groups is 1. The number of rotatable bonds is 3. The Bertz CT molecular complexity index is 533. The normalized spacial score (nSPS) is 11.0. The predicted octanol–water partition coefficient (Wildman–Crippen LogP) is 2.69. The van der Waals surface area contributed by atoms with Crippen LogP contribution >= 0.6 is 11.3 Å². The lowest BCUT2D eigenvalue weighted by atomic mass is 10.0. The molecule has 0 unspecified atom stereocenters. The molecule has 84 valence electrons. The van der Waals surface area contributed by atoms with E-state index in [4.69, 9.17) is 0 Å². The van der Waals surface area contributed by atoms with E-state index in [9.17, 15) is 4.79 Å². The van der Waals surface area contributed by atoms with Crippen molar-refractivity contribution in [3.8, 4) is 0 Å². The van der Waals surface area contributed by atoms with Gasteiger partial charge in [-0.15, -0.1) is 0 Å². The van der Waals surface area contributed by atoms with Gasteiger partial charge in [0.05, 0.1) is 16.9 Å². The molecule has 0 saturated carbocycles. The maximum Gasteiger partial charge on any atom is 0.211 e. The van der Waals surface area contributed by atoms with Crippen molar-refractivity contribution in [2.24, 2.45) is 0 Å². The molecule has 0 saturated heterocycles. The van der Waals surface area contributed by atoms with Crippen molar-refractivity contribution in [2.75, 3.05) is 5.32 Å². The summed E-state index contributed by atoms with van der Waals surface area (Å²) in [4.78, 5) is 20.2. The molecule has 0 radical (unpaired) electrons. The average Bonchev–Trinajstić information content (AvgIpc) is 2.57. The molecule has 0 atom stereocenters. The summed E-state index contributed by atoms with van der Waals surface area (Å²) in [6, 6.07) is 0. The van der Waals surface area contributed by atoms with E-state index in [1.54, 1.807) is 17.5 Å². The monoisotopic (exact) mass is 235 g/mol. The summed E-state index contributed by atoms with van der Waals surface area (Å²) < 4.78 is 0. The molecular formula is C11H13N3OS. The minimum absolute atomic E-state index is 0.300. The van der Waals surface area contributed by atoms with Crippen molar-refractivity contribution in [3.63, 3.8) is 0 Å². The zero-order valence-corrected chi connectivity index (χ0v) is 10.3. The summed E-state index contributed by atoms with van der Waals surface area (Å²) in [6.45, 7) is 6.13. The molecule has 1 N–H and O–H groups in total.